The molecule has 158 valence electrons. The van der Waals surface area contributed by atoms with Crippen LogP contribution in [0.4, 0.5) is 4.79 Å². The standard InChI is InChI=1S/C23H28N4O3/c1-16(13-17-7-5-9-19(14-17)29-3)25-23(28)26-21(22-24-11-12-27(22)2)18-8-6-10-20(15-18)30-4/h5-12,14-16,21H,13H2,1-4H3,(H2,25,26,28). The average Bonchev–Trinajstić information content (AvgIpc) is 3.17. The van der Waals surface area contributed by atoms with Crippen molar-refractivity contribution in [1.82, 2.24) is 20.2 Å². The van der Waals surface area contributed by atoms with Crippen LogP contribution in [0.1, 0.15) is 29.9 Å². The van der Waals surface area contributed by atoms with E-state index in [1.54, 1.807) is 20.4 Å². The summed E-state index contributed by atoms with van der Waals surface area (Å²) in [6.45, 7) is 1.97. The molecule has 2 amide bonds. The Balaban J connectivity index is 1.72. The van der Waals surface area contributed by atoms with Gasteiger partial charge in [0, 0.05) is 25.5 Å². The number of aryl methyl sites for hydroxylation is 1. The molecule has 1 aromatic heterocycles. The molecule has 7 heteroatoms. The summed E-state index contributed by atoms with van der Waals surface area (Å²) in [5.41, 5.74) is 1.98. The molecule has 0 aliphatic carbocycles. The summed E-state index contributed by atoms with van der Waals surface area (Å²) in [7, 11) is 5.17. The Morgan fingerprint density at radius 2 is 1.77 bits per heavy atom. The normalized spacial score (nSPS) is 12.7. The molecule has 1 heterocycles. The molecule has 0 aliphatic rings. The average molecular weight is 409 g/mol. The number of imidazole rings is 1. The van der Waals surface area contributed by atoms with Gasteiger partial charge in [-0.25, -0.2) is 9.78 Å². The van der Waals surface area contributed by atoms with Gasteiger partial charge in [-0.05, 0) is 48.7 Å². The predicted molar refractivity (Wildman–Crippen MR) is 116 cm³/mol. The van der Waals surface area contributed by atoms with Crippen LogP contribution in [0.15, 0.2) is 60.9 Å². The minimum Gasteiger partial charge on any atom is -0.497 e. The lowest BCUT2D eigenvalue weighted by Crippen LogP contribution is -2.43. The van der Waals surface area contributed by atoms with Crippen LogP contribution in [0, 0.1) is 0 Å². The molecule has 0 aliphatic heterocycles. The molecule has 2 atom stereocenters. The van der Waals surface area contributed by atoms with E-state index in [-0.39, 0.29) is 12.1 Å². The second kappa shape index (κ2) is 9.82. The lowest BCUT2D eigenvalue weighted by atomic mass is 10.1. The quantitative estimate of drug-likeness (QED) is 0.598. The molecular weight excluding hydrogens is 380 g/mol. The maximum Gasteiger partial charge on any atom is 0.315 e. The van der Waals surface area contributed by atoms with E-state index in [0.29, 0.717) is 6.42 Å². The van der Waals surface area contributed by atoms with Gasteiger partial charge >= 0.3 is 6.03 Å². The van der Waals surface area contributed by atoms with Crippen molar-refractivity contribution in [3.8, 4) is 11.5 Å². The smallest absolute Gasteiger partial charge is 0.315 e. The Kier molecular flexibility index (Phi) is 6.95. The van der Waals surface area contributed by atoms with E-state index in [1.807, 2.05) is 73.3 Å². The van der Waals surface area contributed by atoms with Crippen LogP contribution in [0.2, 0.25) is 0 Å². The van der Waals surface area contributed by atoms with E-state index >= 15 is 0 Å². The van der Waals surface area contributed by atoms with Crippen LogP contribution in [0.5, 0.6) is 11.5 Å². The number of aromatic nitrogens is 2. The van der Waals surface area contributed by atoms with Crippen molar-refractivity contribution in [2.45, 2.75) is 25.4 Å². The van der Waals surface area contributed by atoms with Gasteiger partial charge in [0.2, 0.25) is 0 Å². The molecule has 2 N–H and O–H groups in total. The number of carbonyl (C=O) groups excluding carboxylic acids is 1. The zero-order chi connectivity index (χ0) is 21.5. The molecule has 3 aromatic rings. The molecule has 3 rings (SSSR count). The summed E-state index contributed by atoms with van der Waals surface area (Å²) >= 11 is 0. The molecular formula is C23H28N4O3. The van der Waals surface area contributed by atoms with Crippen molar-refractivity contribution >= 4 is 6.03 Å². The third-order valence-electron chi connectivity index (χ3n) is 4.87. The van der Waals surface area contributed by atoms with Gasteiger partial charge in [-0.3, -0.25) is 0 Å². The molecule has 2 aromatic carbocycles. The van der Waals surface area contributed by atoms with Crippen LogP contribution in [0.25, 0.3) is 0 Å². The zero-order valence-electron chi connectivity index (χ0n) is 17.8. The minimum atomic E-state index is -0.413. The van der Waals surface area contributed by atoms with Crippen molar-refractivity contribution < 1.29 is 14.3 Å². The van der Waals surface area contributed by atoms with E-state index < -0.39 is 6.04 Å². The van der Waals surface area contributed by atoms with Gasteiger partial charge in [-0.2, -0.15) is 0 Å². The van der Waals surface area contributed by atoms with Gasteiger partial charge < -0.3 is 24.7 Å². The highest BCUT2D eigenvalue weighted by Crippen LogP contribution is 2.24. The van der Waals surface area contributed by atoms with Crippen molar-refractivity contribution in [2.24, 2.45) is 7.05 Å². The first-order valence-electron chi connectivity index (χ1n) is 9.81. The Bertz CT molecular complexity index is 986. The number of benzene rings is 2. The summed E-state index contributed by atoms with van der Waals surface area (Å²) in [5.74, 6) is 2.26. The lowest BCUT2D eigenvalue weighted by molar-refractivity contribution is 0.235. The Labute approximate surface area is 177 Å². The van der Waals surface area contributed by atoms with Crippen LogP contribution in [-0.2, 0) is 13.5 Å². The van der Waals surface area contributed by atoms with Crippen LogP contribution in [-0.4, -0.2) is 35.8 Å². The predicted octanol–water partition coefficient (Wildman–Crippen LogP) is 3.46. The van der Waals surface area contributed by atoms with Gasteiger partial charge in [0.05, 0.1) is 14.2 Å². The molecule has 2 unspecified atom stereocenters. The minimum absolute atomic E-state index is 0.0653. The van der Waals surface area contributed by atoms with E-state index in [9.17, 15) is 4.79 Å². The van der Waals surface area contributed by atoms with Gasteiger partial charge in [0.15, 0.2) is 0 Å². The number of amides is 2. The van der Waals surface area contributed by atoms with E-state index in [1.165, 1.54) is 0 Å². The molecule has 0 saturated carbocycles. The largest absolute Gasteiger partial charge is 0.497 e. The number of hydrogen-bond acceptors (Lipinski definition) is 4. The summed E-state index contributed by atoms with van der Waals surface area (Å²) in [4.78, 5) is 17.2. The molecule has 30 heavy (non-hydrogen) atoms. The second-order valence-electron chi connectivity index (χ2n) is 7.18. The fourth-order valence-electron chi connectivity index (χ4n) is 3.37. The Morgan fingerprint density at radius 1 is 1.07 bits per heavy atom. The zero-order valence-corrected chi connectivity index (χ0v) is 17.8. The van der Waals surface area contributed by atoms with Gasteiger partial charge in [0.25, 0.3) is 0 Å². The van der Waals surface area contributed by atoms with Gasteiger partial charge in [-0.1, -0.05) is 24.3 Å². The molecule has 0 spiro atoms. The van der Waals surface area contributed by atoms with Crippen LogP contribution < -0.4 is 20.1 Å². The van der Waals surface area contributed by atoms with E-state index in [4.69, 9.17) is 9.47 Å². The molecule has 0 bridgehead atoms. The summed E-state index contributed by atoms with van der Waals surface area (Å²) < 4.78 is 12.5. The number of carbonyl (C=O) groups is 1. The van der Waals surface area contributed by atoms with Crippen molar-refractivity contribution in [1.29, 1.82) is 0 Å². The number of urea groups is 1. The lowest BCUT2D eigenvalue weighted by Gasteiger charge is -2.22. The second-order valence-corrected chi connectivity index (χ2v) is 7.18. The SMILES string of the molecule is COc1cccc(CC(C)NC(=O)NC(c2cccc(OC)c2)c2nccn2C)c1. The topological polar surface area (TPSA) is 77.4 Å². The highest BCUT2D eigenvalue weighted by molar-refractivity contribution is 5.75. The van der Waals surface area contributed by atoms with E-state index in [0.717, 1.165) is 28.5 Å². The first kappa shape index (κ1) is 21.2. The fraction of sp³-hybridized carbons (Fsp3) is 0.304. The van der Waals surface area contributed by atoms with Gasteiger partial charge in [0.1, 0.15) is 23.4 Å². The van der Waals surface area contributed by atoms with Crippen molar-refractivity contribution in [2.75, 3.05) is 14.2 Å². The number of methoxy groups -OCH3 is 2. The maximum atomic E-state index is 12.8. The van der Waals surface area contributed by atoms with Crippen LogP contribution >= 0.6 is 0 Å². The maximum absolute atomic E-state index is 12.8. The summed E-state index contributed by atoms with van der Waals surface area (Å²) in [6.07, 6.45) is 4.26. The Hall–Kier alpha value is -3.48. The number of nitrogens with one attached hydrogen (secondary N) is 2. The Morgan fingerprint density at radius 3 is 2.43 bits per heavy atom. The first-order valence-corrected chi connectivity index (χ1v) is 9.81. The third-order valence-corrected chi connectivity index (χ3v) is 4.87. The molecule has 7 nitrogen and oxygen atoms in total. The fourth-order valence-corrected chi connectivity index (χ4v) is 3.37. The third kappa shape index (κ3) is 5.31. The first-order chi connectivity index (χ1) is 14.5. The number of ether oxygens (including phenoxy) is 2. The van der Waals surface area contributed by atoms with Gasteiger partial charge in [-0.15, -0.1) is 0 Å². The van der Waals surface area contributed by atoms with E-state index in [2.05, 4.69) is 15.6 Å². The van der Waals surface area contributed by atoms with Crippen molar-refractivity contribution in [3.63, 3.8) is 0 Å². The number of rotatable bonds is 8. The molecule has 0 saturated heterocycles. The summed E-state index contributed by atoms with van der Waals surface area (Å²) in [5, 5.41) is 6.07. The number of hydrogen-bond donors (Lipinski definition) is 2. The number of nitrogens with zero attached hydrogens (tertiary/aromatic N) is 2. The monoisotopic (exact) mass is 408 g/mol. The molecule has 0 radical (unpaired) electrons. The van der Waals surface area contributed by atoms with Crippen molar-refractivity contribution in [3.05, 3.63) is 77.9 Å². The summed E-state index contributed by atoms with van der Waals surface area (Å²) in [6, 6.07) is 14.7. The van der Waals surface area contributed by atoms with Crippen LogP contribution in [0.3, 0.4) is 0 Å². The molecule has 0 fully saturated rings. The highest BCUT2D eigenvalue weighted by atomic mass is 16.5. The highest BCUT2D eigenvalue weighted by Gasteiger charge is 2.22.